The number of alkyl halides is 3. The predicted molar refractivity (Wildman–Crippen MR) is 79.5 cm³/mol. The maximum Gasteiger partial charge on any atom is 0.214 e. The van der Waals surface area contributed by atoms with Gasteiger partial charge < -0.3 is 39.7 Å². The molecule has 0 radical (unpaired) electrons. The van der Waals surface area contributed by atoms with Gasteiger partial charge in [-0.15, -0.1) is 34.8 Å². The Balaban J connectivity index is 2.18. The first-order valence-corrected chi connectivity index (χ1v) is 8.42. The molecular weight excluding hydrogens is 378 g/mol. The fourth-order valence-corrected chi connectivity index (χ4v) is 3.37. The van der Waals surface area contributed by atoms with Crippen molar-refractivity contribution in [1.29, 1.82) is 0 Å². The van der Waals surface area contributed by atoms with Gasteiger partial charge in [0.15, 0.2) is 6.29 Å². The third-order valence-electron chi connectivity index (χ3n) is 3.96. The summed E-state index contributed by atoms with van der Waals surface area (Å²) in [5.41, 5.74) is 0. The number of aliphatic hydroxyl groups is 5. The fourth-order valence-electron chi connectivity index (χ4n) is 2.56. The first-order chi connectivity index (χ1) is 10.8. The van der Waals surface area contributed by atoms with Crippen LogP contribution in [-0.2, 0) is 14.2 Å². The van der Waals surface area contributed by atoms with Crippen molar-refractivity contribution in [3.05, 3.63) is 0 Å². The van der Waals surface area contributed by atoms with Crippen LogP contribution in [0.15, 0.2) is 0 Å². The molecule has 9 atom stereocenters. The molecule has 0 aromatic rings. The highest BCUT2D eigenvalue weighted by Gasteiger charge is 2.58. The third kappa shape index (κ3) is 3.58. The van der Waals surface area contributed by atoms with Crippen LogP contribution in [0.4, 0.5) is 0 Å². The van der Waals surface area contributed by atoms with E-state index in [-0.39, 0.29) is 5.88 Å². The van der Waals surface area contributed by atoms with Gasteiger partial charge in [-0.2, -0.15) is 0 Å². The molecule has 0 aliphatic carbocycles. The maximum atomic E-state index is 10.1. The van der Waals surface area contributed by atoms with Crippen LogP contribution in [0, 0.1) is 0 Å². The zero-order valence-corrected chi connectivity index (χ0v) is 14.1. The van der Waals surface area contributed by atoms with E-state index in [1.54, 1.807) is 0 Å². The van der Waals surface area contributed by atoms with Crippen molar-refractivity contribution < 1.29 is 39.7 Å². The maximum absolute atomic E-state index is 10.1. The molecule has 3 unspecified atom stereocenters. The van der Waals surface area contributed by atoms with Gasteiger partial charge in [-0.3, -0.25) is 0 Å². The average molecular weight is 398 g/mol. The summed E-state index contributed by atoms with van der Waals surface area (Å²) in [6.07, 6.45) is -9.39. The molecule has 2 aliphatic rings. The van der Waals surface area contributed by atoms with Crippen molar-refractivity contribution in [3.8, 4) is 0 Å². The van der Waals surface area contributed by atoms with Gasteiger partial charge in [0.2, 0.25) is 5.79 Å². The standard InChI is InChI=1S/C12H19Cl3O8/c13-1-4-7(17)10(20)12(3-14,22-4)23-11-9(19)8(18)6(15)5(2-16)21-11/h4-11,16-20H,1-3H2/t4-,5?,6+,7+,8+,9?,10?,11-,12+/m0/s1. The molecule has 2 aliphatic heterocycles. The second-order valence-corrected chi connectivity index (χ2v) is 6.54. The summed E-state index contributed by atoms with van der Waals surface area (Å²) < 4.78 is 16.1. The molecule has 2 heterocycles. The van der Waals surface area contributed by atoms with Gasteiger partial charge >= 0.3 is 0 Å². The molecule has 0 aromatic heterocycles. The lowest BCUT2D eigenvalue weighted by atomic mass is 10.0. The molecule has 0 saturated carbocycles. The van der Waals surface area contributed by atoms with Crippen molar-refractivity contribution in [2.75, 3.05) is 18.4 Å². The highest BCUT2D eigenvalue weighted by molar-refractivity contribution is 6.21. The number of aliphatic hydroxyl groups excluding tert-OH is 5. The minimum atomic E-state index is -1.90. The second kappa shape index (κ2) is 7.84. The van der Waals surface area contributed by atoms with Crippen LogP contribution in [0.3, 0.4) is 0 Å². The molecule has 11 heteroatoms. The van der Waals surface area contributed by atoms with Gasteiger partial charge in [-0.25, -0.2) is 0 Å². The van der Waals surface area contributed by atoms with Crippen molar-refractivity contribution in [1.82, 2.24) is 0 Å². The SMILES string of the molecule is OCC1O[C@@H](O[C@@]2(CCl)O[C@@H](CCl)[C@@H](O)C2O)C(O)[C@H](O)[C@@H]1Cl. The average Bonchev–Trinajstić information content (AvgIpc) is 2.80. The Kier molecular flexibility index (Phi) is 6.77. The van der Waals surface area contributed by atoms with Crippen LogP contribution >= 0.6 is 34.8 Å². The normalized spacial score (nSPS) is 51.1. The molecule has 0 aromatic carbocycles. The molecule has 2 rings (SSSR count). The molecule has 2 saturated heterocycles. The van der Waals surface area contributed by atoms with E-state index < -0.39 is 66.6 Å². The Morgan fingerprint density at radius 2 is 1.65 bits per heavy atom. The number of hydrogen-bond acceptors (Lipinski definition) is 8. The monoisotopic (exact) mass is 396 g/mol. The smallest absolute Gasteiger partial charge is 0.214 e. The molecular formula is C12H19Cl3O8. The fraction of sp³-hybridized carbons (Fsp3) is 1.00. The van der Waals surface area contributed by atoms with Gasteiger partial charge in [0.25, 0.3) is 0 Å². The molecule has 5 N–H and O–H groups in total. The van der Waals surface area contributed by atoms with Crippen LogP contribution in [0.25, 0.3) is 0 Å². The molecule has 0 bridgehead atoms. The van der Waals surface area contributed by atoms with E-state index in [9.17, 15) is 25.5 Å². The molecule has 136 valence electrons. The molecule has 0 spiro atoms. The van der Waals surface area contributed by atoms with Gasteiger partial charge in [0.05, 0.1) is 23.7 Å². The van der Waals surface area contributed by atoms with E-state index in [0.29, 0.717) is 0 Å². The molecule has 23 heavy (non-hydrogen) atoms. The lowest BCUT2D eigenvalue weighted by Crippen LogP contribution is -2.61. The van der Waals surface area contributed by atoms with Gasteiger partial charge in [0.1, 0.15) is 36.6 Å². The minimum Gasteiger partial charge on any atom is -0.394 e. The summed E-state index contributed by atoms with van der Waals surface area (Å²) in [5, 5.41) is 48.1. The Bertz CT molecular complexity index is 403. The molecule has 0 amide bonds. The van der Waals surface area contributed by atoms with Gasteiger partial charge in [-0.05, 0) is 0 Å². The summed E-state index contributed by atoms with van der Waals surface area (Å²) in [5.74, 6) is -2.43. The largest absolute Gasteiger partial charge is 0.394 e. The van der Waals surface area contributed by atoms with Crippen LogP contribution in [0.2, 0.25) is 0 Å². The Morgan fingerprint density at radius 3 is 2.13 bits per heavy atom. The molecule has 2 fully saturated rings. The quantitative estimate of drug-likeness (QED) is 0.349. The van der Waals surface area contributed by atoms with Crippen LogP contribution < -0.4 is 0 Å². The predicted octanol–water partition coefficient (Wildman–Crippen LogP) is -1.66. The zero-order chi connectivity index (χ0) is 17.4. The summed E-state index contributed by atoms with van der Waals surface area (Å²) >= 11 is 17.3. The minimum absolute atomic E-state index is 0.125. The first-order valence-electron chi connectivity index (χ1n) is 6.91. The van der Waals surface area contributed by atoms with Crippen LogP contribution in [-0.4, -0.2) is 98.0 Å². The zero-order valence-electron chi connectivity index (χ0n) is 11.8. The van der Waals surface area contributed by atoms with E-state index in [2.05, 4.69) is 0 Å². The number of halogens is 3. The molecule has 8 nitrogen and oxygen atoms in total. The number of hydrogen-bond donors (Lipinski definition) is 5. The van der Waals surface area contributed by atoms with Crippen LogP contribution in [0.5, 0.6) is 0 Å². The van der Waals surface area contributed by atoms with Crippen molar-refractivity contribution in [2.24, 2.45) is 0 Å². The van der Waals surface area contributed by atoms with E-state index in [4.69, 9.17) is 49.0 Å². The van der Waals surface area contributed by atoms with Crippen molar-refractivity contribution >= 4 is 34.8 Å². The summed E-state index contributed by atoms with van der Waals surface area (Å²) in [4.78, 5) is 0. The summed E-state index contributed by atoms with van der Waals surface area (Å²) in [6, 6.07) is 0. The number of rotatable bonds is 5. The van der Waals surface area contributed by atoms with E-state index in [0.717, 1.165) is 0 Å². The lowest BCUT2D eigenvalue weighted by Gasteiger charge is -2.43. The Hall–Kier alpha value is 0.550. The highest BCUT2D eigenvalue weighted by atomic mass is 35.5. The Morgan fingerprint density at radius 1 is 1.00 bits per heavy atom. The van der Waals surface area contributed by atoms with Crippen LogP contribution in [0.1, 0.15) is 0 Å². The van der Waals surface area contributed by atoms with Gasteiger partial charge in [0, 0.05) is 0 Å². The topological polar surface area (TPSA) is 129 Å². The van der Waals surface area contributed by atoms with Gasteiger partial charge in [-0.1, -0.05) is 0 Å². The van der Waals surface area contributed by atoms with E-state index in [1.807, 2.05) is 0 Å². The highest BCUT2D eigenvalue weighted by Crippen LogP contribution is 2.37. The lowest BCUT2D eigenvalue weighted by molar-refractivity contribution is -0.357. The number of ether oxygens (including phenoxy) is 3. The van der Waals surface area contributed by atoms with E-state index >= 15 is 0 Å². The third-order valence-corrected chi connectivity index (χ3v) is 5.17. The van der Waals surface area contributed by atoms with Crippen molar-refractivity contribution in [3.63, 3.8) is 0 Å². The summed E-state index contributed by atoms with van der Waals surface area (Å²) in [6.45, 7) is -0.526. The van der Waals surface area contributed by atoms with E-state index in [1.165, 1.54) is 0 Å². The first kappa shape index (κ1) is 19.9. The Labute approximate surface area is 147 Å². The van der Waals surface area contributed by atoms with Crippen molar-refractivity contribution in [2.45, 2.75) is 54.1 Å². The summed E-state index contributed by atoms with van der Waals surface area (Å²) in [7, 11) is 0. The second-order valence-electron chi connectivity index (χ2n) is 5.46.